The van der Waals surface area contributed by atoms with E-state index in [1.54, 1.807) is 35.5 Å². The van der Waals surface area contributed by atoms with Crippen LogP contribution >= 0.6 is 0 Å². The Morgan fingerprint density at radius 1 is 0.471 bits per heavy atom. The van der Waals surface area contributed by atoms with E-state index in [9.17, 15) is 0 Å². The number of benzene rings is 3. The van der Waals surface area contributed by atoms with Crippen molar-refractivity contribution in [1.29, 1.82) is 0 Å². The lowest BCUT2D eigenvalue weighted by atomic mass is 9.99. The van der Waals surface area contributed by atoms with Gasteiger partial charge >= 0.3 is 0 Å². The first-order chi connectivity index (χ1) is 16.6. The number of methoxy groups -OCH3 is 5. The first kappa shape index (κ1) is 23.0. The topological polar surface area (TPSA) is 59.0 Å². The summed E-state index contributed by atoms with van der Waals surface area (Å²) in [6.07, 6.45) is 0. The molecule has 0 radical (unpaired) electrons. The van der Waals surface area contributed by atoms with Crippen molar-refractivity contribution in [2.75, 3.05) is 35.5 Å². The third kappa shape index (κ3) is 4.62. The summed E-state index contributed by atoms with van der Waals surface area (Å²) >= 11 is 0. The number of rotatable bonds is 8. The molecule has 0 aliphatic rings. The zero-order chi connectivity index (χ0) is 24.1. The van der Waals surface area contributed by atoms with Gasteiger partial charge in [0.05, 0.1) is 46.9 Å². The summed E-state index contributed by atoms with van der Waals surface area (Å²) in [6, 6.07) is 23.6. The Kier molecular flexibility index (Phi) is 6.87. The molecule has 0 amide bonds. The van der Waals surface area contributed by atoms with Crippen molar-refractivity contribution in [2.24, 2.45) is 0 Å². The summed E-state index contributed by atoms with van der Waals surface area (Å²) in [5, 5.41) is 0. The Morgan fingerprint density at radius 2 is 0.941 bits per heavy atom. The van der Waals surface area contributed by atoms with Gasteiger partial charge in [0.2, 0.25) is 5.75 Å². The largest absolute Gasteiger partial charge is 0.497 e. The number of hydrogen-bond acceptors (Lipinski definition) is 6. The van der Waals surface area contributed by atoms with Gasteiger partial charge in [0.1, 0.15) is 11.5 Å². The van der Waals surface area contributed by atoms with Crippen LogP contribution in [0.1, 0.15) is 0 Å². The van der Waals surface area contributed by atoms with Crippen molar-refractivity contribution in [3.63, 3.8) is 0 Å². The zero-order valence-electron chi connectivity index (χ0n) is 19.9. The number of ether oxygens (including phenoxy) is 5. The maximum absolute atomic E-state index is 5.58. The molecule has 0 unspecified atom stereocenters. The Labute approximate surface area is 199 Å². The van der Waals surface area contributed by atoms with E-state index < -0.39 is 0 Å². The molecular formula is C28H27NO5. The van der Waals surface area contributed by atoms with Crippen LogP contribution in [-0.4, -0.2) is 40.5 Å². The zero-order valence-corrected chi connectivity index (χ0v) is 19.9. The van der Waals surface area contributed by atoms with Gasteiger partial charge in [0.15, 0.2) is 11.5 Å². The van der Waals surface area contributed by atoms with E-state index in [-0.39, 0.29) is 0 Å². The molecule has 6 nitrogen and oxygen atoms in total. The van der Waals surface area contributed by atoms with E-state index in [4.69, 9.17) is 28.7 Å². The van der Waals surface area contributed by atoms with Crippen molar-refractivity contribution in [1.82, 2.24) is 4.98 Å². The van der Waals surface area contributed by atoms with E-state index >= 15 is 0 Å². The minimum Gasteiger partial charge on any atom is -0.497 e. The van der Waals surface area contributed by atoms with Crippen molar-refractivity contribution >= 4 is 0 Å². The molecule has 0 fully saturated rings. The fourth-order valence-electron chi connectivity index (χ4n) is 3.81. The van der Waals surface area contributed by atoms with E-state index in [0.29, 0.717) is 17.2 Å². The molecule has 4 rings (SSSR count). The summed E-state index contributed by atoms with van der Waals surface area (Å²) in [6.45, 7) is 0. The maximum atomic E-state index is 5.58. The molecule has 1 aromatic heterocycles. The molecule has 0 atom stereocenters. The van der Waals surface area contributed by atoms with Gasteiger partial charge in [0.25, 0.3) is 0 Å². The molecule has 0 aliphatic carbocycles. The Balaban J connectivity index is 1.95. The van der Waals surface area contributed by atoms with E-state index in [1.165, 1.54) is 0 Å². The van der Waals surface area contributed by atoms with Gasteiger partial charge in [-0.2, -0.15) is 0 Å². The average molecular weight is 458 g/mol. The third-order valence-corrected chi connectivity index (χ3v) is 5.55. The summed E-state index contributed by atoms with van der Waals surface area (Å²) in [7, 11) is 8.11. The van der Waals surface area contributed by atoms with E-state index in [0.717, 1.165) is 45.1 Å². The van der Waals surface area contributed by atoms with Crippen molar-refractivity contribution < 1.29 is 23.7 Å². The summed E-state index contributed by atoms with van der Waals surface area (Å²) in [4.78, 5) is 4.97. The molecule has 34 heavy (non-hydrogen) atoms. The molecular weight excluding hydrogens is 430 g/mol. The van der Waals surface area contributed by atoms with Gasteiger partial charge in [-0.25, -0.2) is 4.98 Å². The lowest BCUT2D eigenvalue weighted by Crippen LogP contribution is -1.97. The quantitative estimate of drug-likeness (QED) is 0.317. The molecule has 0 N–H and O–H groups in total. The van der Waals surface area contributed by atoms with E-state index in [2.05, 4.69) is 0 Å². The minimum atomic E-state index is 0.545. The van der Waals surface area contributed by atoms with Crippen LogP contribution in [0.3, 0.4) is 0 Å². The Morgan fingerprint density at radius 3 is 1.35 bits per heavy atom. The highest BCUT2D eigenvalue weighted by molar-refractivity contribution is 5.79. The van der Waals surface area contributed by atoms with Crippen LogP contribution in [0.5, 0.6) is 28.7 Å². The van der Waals surface area contributed by atoms with Crippen LogP contribution in [-0.2, 0) is 0 Å². The molecule has 0 spiro atoms. The smallest absolute Gasteiger partial charge is 0.203 e. The number of nitrogens with zero attached hydrogens (tertiary/aromatic N) is 1. The Bertz CT molecular complexity index is 1210. The number of pyridine rings is 1. The molecule has 6 heteroatoms. The van der Waals surface area contributed by atoms with Crippen LogP contribution in [0.2, 0.25) is 0 Å². The lowest BCUT2D eigenvalue weighted by molar-refractivity contribution is 0.324. The third-order valence-electron chi connectivity index (χ3n) is 5.55. The highest BCUT2D eigenvalue weighted by atomic mass is 16.5. The fraction of sp³-hybridized carbons (Fsp3) is 0.179. The Hall–Kier alpha value is -4.19. The van der Waals surface area contributed by atoms with Crippen LogP contribution in [0.25, 0.3) is 33.6 Å². The number of hydrogen-bond donors (Lipinski definition) is 0. The average Bonchev–Trinajstić information content (AvgIpc) is 2.91. The summed E-state index contributed by atoms with van der Waals surface area (Å²) in [5.41, 5.74) is 5.36. The fourth-order valence-corrected chi connectivity index (χ4v) is 3.81. The summed E-state index contributed by atoms with van der Waals surface area (Å²) < 4.78 is 27.5. The number of aromatic nitrogens is 1. The van der Waals surface area contributed by atoms with Crippen molar-refractivity contribution in [3.05, 3.63) is 72.8 Å². The molecule has 0 saturated carbocycles. The van der Waals surface area contributed by atoms with Crippen LogP contribution in [0.15, 0.2) is 72.8 Å². The molecule has 174 valence electrons. The van der Waals surface area contributed by atoms with Crippen molar-refractivity contribution in [3.8, 4) is 62.4 Å². The SMILES string of the molecule is COc1cccc(-c2cc(-c3cc(OC)c(OC)c(OC)c3)cc(-c3cccc(OC)c3)n2)c1. The van der Waals surface area contributed by atoms with Crippen LogP contribution < -0.4 is 23.7 Å². The molecule has 1 heterocycles. The minimum absolute atomic E-state index is 0.545. The highest BCUT2D eigenvalue weighted by Crippen LogP contribution is 2.42. The molecule has 0 bridgehead atoms. The van der Waals surface area contributed by atoms with Gasteiger partial charge in [-0.15, -0.1) is 0 Å². The van der Waals surface area contributed by atoms with Gasteiger partial charge in [-0.1, -0.05) is 24.3 Å². The van der Waals surface area contributed by atoms with Gasteiger partial charge in [0, 0.05) is 11.1 Å². The maximum Gasteiger partial charge on any atom is 0.203 e. The van der Waals surface area contributed by atoms with Gasteiger partial charge in [-0.05, 0) is 59.7 Å². The van der Waals surface area contributed by atoms with Crippen LogP contribution in [0, 0.1) is 0 Å². The van der Waals surface area contributed by atoms with Gasteiger partial charge < -0.3 is 23.7 Å². The van der Waals surface area contributed by atoms with E-state index in [1.807, 2.05) is 72.8 Å². The second kappa shape index (κ2) is 10.2. The second-order valence-electron chi connectivity index (χ2n) is 7.50. The second-order valence-corrected chi connectivity index (χ2v) is 7.50. The normalized spacial score (nSPS) is 10.5. The predicted octanol–water partition coefficient (Wildman–Crippen LogP) is 6.13. The van der Waals surface area contributed by atoms with Gasteiger partial charge in [-0.3, -0.25) is 0 Å². The monoisotopic (exact) mass is 457 g/mol. The standard InChI is InChI=1S/C28H27NO5/c1-30-22-10-6-8-18(12-22)24-14-20(15-25(29-24)19-9-7-11-23(13-19)31-2)21-16-26(32-3)28(34-5)27(17-21)33-4/h6-17H,1-5H3. The first-order valence-corrected chi connectivity index (χ1v) is 10.7. The molecule has 0 aliphatic heterocycles. The predicted molar refractivity (Wildman–Crippen MR) is 133 cm³/mol. The van der Waals surface area contributed by atoms with Crippen LogP contribution in [0.4, 0.5) is 0 Å². The molecule has 3 aromatic carbocycles. The van der Waals surface area contributed by atoms with Crippen molar-refractivity contribution in [2.45, 2.75) is 0 Å². The molecule has 4 aromatic rings. The lowest BCUT2D eigenvalue weighted by Gasteiger charge is -2.16. The highest BCUT2D eigenvalue weighted by Gasteiger charge is 2.16. The molecule has 0 saturated heterocycles. The summed E-state index contributed by atoms with van der Waals surface area (Å²) in [5.74, 6) is 3.24. The first-order valence-electron chi connectivity index (χ1n) is 10.7.